The number of carbonyl (C=O) groups is 1. The molecule has 0 aliphatic carbocycles. The van der Waals surface area contributed by atoms with E-state index in [0.717, 1.165) is 37.7 Å². The van der Waals surface area contributed by atoms with Crippen molar-refractivity contribution in [2.75, 3.05) is 18.0 Å². The number of aromatic nitrogens is 1. The lowest BCUT2D eigenvalue weighted by atomic mass is 9.96. The van der Waals surface area contributed by atoms with Gasteiger partial charge in [-0.2, -0.15) is 0 Å². The number of carboxylic acids is 1. The number of anilines is 1. The molecule has 0 bridgehead atoms. The van der Waals surface area contributed by atoms with Crippen LogP contribution in [0.1, 0.15) is 49.5 Å². The van der Waals surface area contributed by atoms with Gasteiger partial charge >= 0.3 is 5.97 Å². The monoisotopic (exact) mass is 296 g/mol. The number of carboxylic acid groups (broad SMARTS) is 1. The van der Waals surface area contributed by atoms with Gasteiger partial charge in [-0.15, -0.1) is 0 Å². The van der Waals surface area contributed by atoms with Gasteiger partial charge in [0.25, 0.3) is 0 Å². The molecule has 0 spiro atoms. The fraction of sp³-hybridized carbons (Fsp3) is 0.600. The molecule has 1 aliphatic heterocycles. The van der Waals surface area contributed by atoms with Gasteiger partial charge in [0.05, 0.1) is 5.02 Å². The van der Waals surface area contributed by atoms with Crippen LogP contribution in [0.3, 0.4) is 0 Å². The van der Waals surface area contributed by atoms with Gasteiger partial charge in [0, 0.05) is 13.1 Å². The molecule has 1 atom stereocenters. The normalized spacial score (nSPS) is 19.7. The molecule has 0 aromatic carbocycles. The minimum Gasteiger partial charge on any atom is -0.476 e. The van der Waals surface area contributed by atoms with E-state index in [-0.39, 0.29) is 10.7 Å². The molecule has 1 fully saturated rings. The molecular weight excluding hydrogens is 276 g/mol. The summed E-state index contributed by atoms with van der Waals surface area (Å²) >= 11 is 5.86. The number of hydrogen-bond acceptors (Lipinski definition) is 3. The van der Waals surface area contributed by atoms with E-state index in [2.05, 4.69) is 16.8 Å². The Morgan fingerprint density at radius 2 is 2.25 bits per heavy atom. The SMILES string of the molecule is CCCC1CCCN(c2ccc(Cl)c(C(=O)O)n2)CC1. The molecule has 5 heteroatoms. The third kappa shape index (κ3) is 3.63. The van der Waals surface area contributed by atoms with E-state index >= 15 is 0 Å². The van der Waals surface area contributed by atoms with Gasteiger partial charge in [-0.25, -0.2) is 9.78 Å². The summed E-state index contributed by atoms with van der Waals surface area (Å²) in [7, 11) is 0. The van der Waals surface area contributed by atoms with Crippen molar-refractivity contribution in [3.8, 4) is 0 Å². The van der Waals surface area contributed by atoms with E-state index < -0.39 is 5.97 Å². The average molecular weight is 297 g/mol. The zero-order valence-electron chi connectivity index (χ0n) is 11.8. The molecule has 1 saturated heterocycles. The predicted octanol–water partition coefficient (Wildman–Crippen LogP) is 3.84. The highest BCUT2D eigenvalue weighted by atomic mass is 35.5. The molecule has 1 aromatic heterocycles. The first-order chi connectivity index (χ1) is 9.61. The molecular formula is C15H21ClN2O2. The van der Waals surface area contributed by atoms with Crippen LogP contribution in [0.15, 0.2) is 12.1 Å². The maximum atomic E-state index is 11.1. The summed E-state index contributed by atoms with van der Waals surface area (Å²) in [6.07, 6.45) is 6.05. The van der Waals surface area contributed by atoms with Crippen molar-refractivity contribution < 1.29 is 9.90 Å². The van der Waals surface area contributed by atoms with Gasteiger partial charge < -0.3 is 10.0 Å². The molecule has 1 unspecified atom stereocenters. The highest BCUT2D eigenvalue weighted by Gasteiger charge is 2.19. The first-order valence-corrected chi connectivity index (χ1v) is 7.64. The van der Waals surface area contributed by atoms with E-state index in [1.807, 2.05) is 6.07 Å². The van der Waals surface area contributed by atoms with Gasteiger partial charge in [-0.1, -0.05) is 31.4 Å². The van der Waals surface area contributed by atoms with E-state index in [1.165, 1.54) is 19.3 Å². The van der Waals surface area contributed by atoms with E-state index in [1.54, 1.807) is 6.07 Å². The summed E-state index contributed by atoms with van der Waals surface area (Å²) in [6.45, 7) is 4.11. The molecule has 20 heavy (non-hydrogen) atoms. The number of hydrogen-bond donors (Lipinski definition) is 1. The summed E-state index contributed by atoms with van der Waals surface area (Å²) in [6, 6.07) is 3.44. The molecule has 1 N–H and O–H groups in total. The summed E-state index contributed by atoms with van der Waals surface area (Å²) in [5, 5.41) is 9.28. The third-order valence-electron chi connectivity index (χ3n) is 3.90. The minimum atomic E-state index is -1.07. The minimum absolute atomic E-state index is 0.0569. The maximum absolute atomic E-state index is 11.1. The van der Waals surface area contributed by atoms with Crippen LogP contribution >= 0.6 is 11.6 Å². The first kappa shape index (κ1) is 15.1. The van der Waals surface area contributed by atoms with Crippen LogP contribution in [0.25, 0.3) is 0 Å². The molecule has 1 aromatic rings. The Labute approximate surface area is 124 Å². The second kappa shape index (κ2) is 6.93. The Balaban J connectivity index is 2.11. The van der Waals surface area contributed by atoms with Crippen molar-refractivity contribution in [3.05, 3.63) is 22.8 Å². The largest absolute Gasteiger partial charge is 0.476 e. The Hall–Kier alpha value is -1.29. The Bertz CT molecular complexity index is 479. The Morgan fingerprint density at radius 3 is 2.95 bits per heavy atom. The summed E-state index contributed by atoms with van der Waals surface area (Å²) in [5.41, 5.74) is -0.0569. The molecule has 2 rings (SSSR count). The fourth-order valence-electron chi connectivity index (χ4n) is 2.85. The highest BCUT2D eigenvalue weighted by Crippen LogP contribution is 2.26. The number of halogens is 1. The van der Waals surface area contributed by atoms with Crippen LogP contribution < -0.4 is 4.90 Å². The van der Waals surface area contributed by atoms with Crippen LogP contribution in [0.2, 0.25) is 5.02 Å². The van der Waals surface area contributed by atoms with Gasteiger partial charge in [0.1, 0.15) is 5.82 Å². The zero-order chi connectivity index (χ0) is 14.5. The summed E-state index contributed by atoms with van der Waals surface area (Å²) in [5.74, 6) is 0.440. The molecule has 0 radical (unpaired) electrons. The third-order valence-corrected chi connectivity index (χ3v) is 4.21. The molecule has 1 aliphatic rings. The van der Waals surface area contributed by atoms with Crippen LogP contribution in [-0.4, -0.2) is 29.1 Å². The van der Waals surface area contributed by atoms with Gasteiger partial charge in [0.2, 0.25) is 0 Å². The van der Waals surface area contributed by atoms with Crippen LogP contribution in [0.4, 0.5) is 5.82 Å². The van der Waals surface area contributed by atoms with Crippen molar-refractivity contribution in [2.24, 2.45) is 5.92 Å². The van der Waals surface area contributed by atoms with Crippen molar-refractivity contribution in [1.29, 1.82) is 0 Å². The average Bonchev–Trinajstić information content (AvgIpc) is 2.65. The lowest BCUT2D eigenvalue weighted by Gasteiger charge is -2.22. The van der Waals surface area contributed by atoms with Crippen molar-refractivity contribution in [3.63, 3.8) is 0 Å². The highest BCUT2D eigenvalue weighted by molar-refractivity contribution is 6.33. The smallest absolute Gasteiger partial charge is 0.356 e. The number of pyridine rings is 1. The predicted molar refractivity (Wildman–Crippen MR) is 80.7 cm³/mol. The molecule has 0 amide bonds. The zero-order valence-corrected chi connectivity index (χ0v) is 12.6. The van der Waals surface area contributed by atoms with Crippen LogP contribution in [0, 0.1) is 5.92 Å². The molecule has 2 heterocycles. The lowest BCUT2D eigenvalue weighted by molar-refractivity contribution is 0.0691. The quantitative estimate of drug-likeness (QED) is 0.917. The fourth-order valence-corrected chi connectivity index (χ4v) is 3.04. The van der Waals surface area contributed by atoms with E-state index in [9.17, 15) is 4.79 Å². The second-order valence-electron chi connectivity index (χ2n) is 5.38. The standard InChI is InChI=1S/C15H21ClN2O2/c1-2-4-11-5-3-9-18(10-8-11)13-7-6-12(16)14(17-13)15(19)20/h6-7,11H,2-5,8-10H2,1H3,(H,19,20). The second-order valence-corrected chi connectivity index (χ2v) is 5.78. The van der Waals surface area contributed by atoms with Crippen molar-refractivity contribution in [2.45, 2.75) is 39.0 Å². The molecule has 110 valence electrons. The Morgan fingerprint density at radius 1 is 1.45 bits per heavy atom. The Kier molecular flexibility index (Phi) is 5.24. The van der Waals surface area contributed by atoms with Gasteiger partial charge in [0.15, 0.2) is 5.69 Å². The molecule has 0 saturated carbocycles. The van der Waals surface area contributed by atoms with Crippen LogP contribution in [-0.2, 0) is 0 Å². The van der Waals surface area contributed by atoms with Gasteiger partial charge in [-0.3, -0.25) is 0 Å². The topological polar surface area (TPSA) is 53.4 Å². The number of nitrogens with zero attached hydrogens (tertiary/aromatic N) is 2. The van der Waals surface area contributed by atoms with E-state index in [0.29, 0.717) is 0 Å². The lowest BCUT2D eigenvalue weighted by Crippen LogP contribution is -2.25. The van der Waals surface area contributed by atoms with Crippen LogP contribution in [0.5, 0.6) is 0 Å². The van der Waals surface area contributed by atoms with E-state index in [4.69, 9.17) is 16.7 Å². The maximum Gasteiger partial charge on any atom is 0.356 e. The summed E-state index contributed by atoms with van der Waals surface area (Å²) < 4.78 is 0. The van der Waals surface area contributed by atoms with Crippen molar-refractivity contribution >= 4 is 23.4 Å². The number of rotatable bonds is 4. The number of aromatic carboxylic acids is 1. The molecule has 4 nitrogen and oxygen atoms in total. The van der Waals surface area contributed by atoms with Gasteiger partial charge in [-0.05, 0) is 37.3 Å². The summed E-state index contributed by atoms with van der Waals surface area (Å²) in [4.78, 5) is 17.5. The van der Waals surface area contributed by atoms with Crippen molar-refractivity contribution in [1.82, 2.24) is 4.98 Å². The first-order valence-electron chi connectivity index (χ1n) is 7.26.